The molecule has 0 aromatic heterocycles. The number of nitrogens with one attached hydrogen (secondary N) is 4. The first kappa shape index (κ1) is 18.6. The van der Waals surface area contributed by atoms with E-state index < -0.39 is 11.9 Å². The third kappa shape index (κ3) is 7.42. The van der Waals surface area contributed by atoms with Gasteiger partial charge in [-0.2, -0.15) is 0 Å². The second kappa shape index (κ2) is 10.3. The molecule has 0 heterocycles. The zero-order chi connectivity index (χ0) is 17.1. The van der Waals surface area contributed by atoms with Gasteiger partial charge in [0.2, 0.25) is 17.7 Å². The maximum atomic E-state index is 12.1. The zero-order valence-electron chi connectivity index (χ0n) is 13.5. The average Bonchev–Trinajstić information content (AvgIpc) is 2.54. The van der Waals surface area contributed by atoms with Crippen LogP contribution in [0, 0.1) is 0 Å². The van der Waals surface area contributed by atoms with E-state index in [4.69, 9.17) is 0 Å². The highest BCUT2D eigenvalue weighted by molar-refractivity contribution is 5.90. The number of carbonyl (C=O) groups excluding carboxylic acids is 3. The Morgan fingerprint density at radius 1 is 1.00 bits per heavy atom. The summed E-state index contributed by atoms with van der Waals surface area (Å²) in [5, 5.41) is 10.5. The molecule has 0 unspecified atom stereocenters. The molecular weight excluding hydrogens is 296 g/mol. The van der Waals surface area contributed by atoms with Crippen molar-refractivity contribution in [2.75, 3.05) is 26.7 Å². The Kier molecular flexibility index (Phi) is 8.38. The summed E-state index contributed by atoms with van der Waals surface area (Å²) in [6.07, 6.45) is 0.392. The molecule has 7 heteroatoms. The van der Waals surface area contributed by atoms with Crippen molar-refractivity contribution in [1.82, 2.24) is 21.3 Å². The first-order valence-corrected chi connectivity index (χ1v) is 7.59. The van der Waals surface area contributed by atoms with E-state index in [1.807, 2.05) is 37.3 Å². The van der Waals surface area contributed by atoms with E-state index >= 15 is 0 Å². The number of amides is 3. The van der Waals surface area contributed by atoms with E-state index in [2.05, 4.69) is 21.3 Å². The van der Waals surface area contributed by atoms with E-state index in [1.165, 1.54) is 0 Å². The van der Waals surface area contributed by atoms with Crippen LogP contribution in [-0.2, 0) is 20.8 Å². The molecule has 0 saturated carbocycles. The third-order valence-electron chi connectivity index (χ3n) is 3.07. The first-order valence-electron chi connectivity index (χ1n) is 7.59. The largest absolute Gasteiger partial charge is 0.355 e. The van der Waals surface area contributed by atoms with Crippen LogP contribution < -0.4 is 21.3 Å². The topological polar surface area (TPSA) is 99.3 Å². The molecule has 0 aliphatic rings. The summed E-state index contributed by atoms with van der Waals surface area (Å²) in [6.45, 7) is 2.28. The number of benzene rings is 1. The van der Waals surface area contributed by atoms with E-state index in [1.54, 1.807) is 7.05 Å². The lowest BCUT2D eigenvalue weighted by atomic mass is 10.1. The third-order valence-corrected chi connectivity index (χ3v) is 3.07. The Morgan fingerprint density at radius 3 is 2.30 bits per heavy atom. The van der Waals surface area contributed by atoms with Crippen molar-refractivity contribution in [2.24, 2.45) is 0 Å². The molecular formula is C16H24N4O3. The summed E-state index contributed by atoms with van der Waals surface area (Å²) in [6, 6.07) is 8.76. The van der Waals surface area contributed by atoms with E-state index in [0.717, 1.165) is 5.56 Å². The molecule has 0 fully saturated rings. The van der Waals surface area contributed by atoms with E-state index in [9.17, 15) is 14.4 Å². The van der Waals surface area contributed by atoms with Gasteiger partial charge in [-0.25, -0.2) is 0 Å². The number of rotatable bonds is 9. The molecule has 0 radical (unpaired) electrons. The van der Waals surface area contributed by atoms with Gasteiger partial charge in [0.25, 0.3) is 0 Å². The van der Waals surface area contributed by atoms with Gasteiger partial charge in [-0.15, -0.1) is 0 Å². The first-order chi connectivity index (χ1) is 11.1. The highest BCUT2D eigenvalue weighted by Crippen LogP contribution is 2.03. The summed E-state index contributed by atoms with van der Waals surface area (Å²) in [5.74, 6) is -0.923. The summed E-state index contributed by atoms with van der Waals surface area (Å²) in [7, 11) is 1.64. The van der Waals surface area contributed by atoms with Gasteiger partial charge in [-0.3, -0.25) is 14.4 Å². The lowest BCUT2D eigenvalue weighted by Gasteiger charge is -2.18. The molecule has 0 aliphatic heterocycles. The fraction of sp³-hybridized carbons (Fsp3) is 0.438. The maximum absolute atomic E-state index is 12.1. The molecule has 1 aromatic carbocycles. The Bertz CT molecular complexity index is 519. The van der Waals surface area contributed by atoms with Crippen molar-refractivity contribution in [1.29, 1.82) is 0 Å². The number of hydrogen-bond donors (Lipinski definition) is 4. The second-order valence-electron chi connectivity index (χ2n) is 5.01. The summed E-state index contributed by atoms with van der Waals surface area (Å²) in [4.78, 5) is 35.4. The summed E-state index contributed by atoms with van der Waals surface area (Å²) >= 11 is 0. The molecule has 1 atom stereocenters. The highest BCUT2D eigenvalue weighted by atomic mass is 16.2. The van der Waals surface area contributed by atoms with E-state index in [-0.39, 0.29) is 24.9 Å². The van der Waals surface area contributed by atoms with Gasteiger partial charge in [0.15, 0.2) is 0 Å². The van der Waals surface area contributed by atoms with Gasteiger partial charge >= 0.3 is 0 Å². The summed E-state index contributed by atoms with van der Waals surface area (Å²) < 4.78 is 0. The number of hydrogen-bond acceptors (Lipinski definition) is 4. The lowest BCUT2D eigenvalue weighted by Crippen LogP contribution is -2.50. The van der Waals surface area contributed by atoms with Crippen molar-refractivity contribution in [3.8, 4) is 0 Å². The van der Waals surface area contributed by atoms with E-state index in [0.29, 0.717) is 13.0 Å². The monoisotopic (exact) mass is 320 g/mol. The fourth-order valence-electron chi connectivity index (χ4n) is 2.00. The van der Waals surface area contributed by atoms with Gasteiger partial charge in [-0.1, -0.05) is 30.3 Å². The van der Waals surface area contributed by atoms with Gasteiger partial charge in [0.1, 0.15) is 6.04 Å². The van der Waals surface area contributed by atoms with Crippen molar-refractivity contribution < 1.29 is 14.4 Å². The molecule has 23 heavy (non-hydrogen) atoms. The molecule has 0 aliphatic carbocycles. The van der Waals surface area contributed by atoms with Gasteiger partial charge in [0.05, 0.1) is 13.1 Å². The van der Waals surface area contributed by atoms with Crippen LogP contribution in [0.1, 0.15) is 12.5 Å². The molecule has 1 rings (SSSR count). The van der Waals surface area contributed by atoms with Crippen LogP contribution in [0.5, 0.6) is 0 Å². The maximum Gasteiger partial charge on any atom is 0.242 e. The Hall–Kier alpha value is -2.41. The smallest absolute Gasteiger partial charge is 0.242 e. The molecule has 1 aromatic rings. The molecule has 126 valence electrons. The molecule has 4 N–H and O–H groups in total. The number of carbonyl (C=O) groups is 3. The normalized spacial score (nSPS) is 11.4. The zero-order valence-corrected chi connectivity index (χ0v) is 13.5. The quantitative estimate of drug-likeness (QED) is 0.478. The van der Waals surface area contributed by atoms with Crippen LogP contribution in [0.15, 0.2) is 30.3 Å². The van der Waals surface area contributed by atoms with Gasteiger partial charge in [-0.05, 0) is 19.5 Å². The molecule has 0 bridgehead atoms. The standard InChI is InChI=1S/C16H24N4O3/c1-3-18-16(23)13(9-12-7-5-4-6-8-12)20-15(22)11-19-14(21)10-17-2/h4-8,13,17H,3,9-11H2,1-2H3,(H,18,23)(H,19,21)(H,20,22)/t13-/m0/s1. The predicted molar refractivity (Wildman–Crippen MR) is 87.7 cm³/mol. The number of likely N-dealkylation sites (N-methyl/N-ethyl adjacent to an activating group) is 2. The summed E-state index contributed by atoms with van der Waals surface area (Å²) in [5.41, 5.74) is 0.947. The van der Waals surface area contributed by atoms with Crippen molar-refractivity contribution >= 4 is 17.7 Å². The lowest BCUT2D eigenvalue weighted by molar-refractivity contribution is -0.129. The van der Waals surface area contributed by atoms with Crippen LogP contribution in [0.4, 0.5) is 0 Å². The molecule has 0 spiro atoms. The SMILES string of the molecule is CCNC(=O)[C@H](Cc1ccccc1)NC(=O)CNC(=O)CNC. The van der Waals surface area contributed by atoms with Crippen LogP contribution >= 0.6 is 0 Å². The minimum absolute atomic E-state index is 0.136. The van der Waals surface area contributed by atoms with Crippen LogP contribution in [0.25, 0.3) is 0 Å². The second-order valence-corrected chi connectivity index (χ2v) is 5.01. The Morgan fingerprint density at radius 2 is 1.70 bits per heavy atom. The van der Waals surface area contributed by atoms with Gasteiger partial charge in [0, 0.05) is 13.0 Å². The van der Waals surface area contributed by atoms with Crippen molar-refractivity contribution in [2.45, 2.75) is 19.4 Å². The molecule has 7 nitrogen and oxygen atoms in total. The van der Waals surface area contributed by atoms with Crippen LogP contribution in [0.3, 0.4) is 0 Å². The van der Waals surface area contributed by atoms with Gasteiger partial charge < -0.3 is 21.3 Å². The fourth-order valence-corrected chi connectivity index (χ4v) is 2.00. The van der Waals surface area contributed by atoms with Crippen LogP contribution in [0.2, 0.25) is 0 Å². The predicted octanol–water partition coefficient (Wildman–Crippen LogP) is -0.814. The average molecular weight is 320 g/mol. The molecule has 0 saturated heterocycles. The Labute approximate surface area is 136 Å². The van der Waals surface area contributed by atoms with Crippen LogP contribution in [-0.4, -0.2) is 50.4 Å². The van der Waals surface area contributed by atoms with Crippen molar-refractivity contribution in [3.63, 3.8) is 0 Å². The minimum Gasteiger partial charge on any atom is -0.355 e. The minimum atomic E-state index is -0.675. The highest BCUT2D eigenvalue weighted by Gasteiger charge is 2.20. The van der Waals surface area contributed by atoms with Crippen molar-refractivity contribution in [3.05, 3.63) is 35.9 Å². The molecule has 3 amide bonds. The Balaban J connectivity index is 2.60.